The Labute approximate surface area is 134 Å². The summed E-state index contributed by atoms with van der Waals surface area (Å²) < 4.78 is 8.50. The third-order valence-electron chi connectivity index (χ3n) is 3.11. The summed E-state index contributed by atoms with van der Waals surface area (Å²) in [5.41, 5.74) is 0.325. The van der Waals surface area contributed by atoms with Crippen molar-refractivity contribution in [1.29, 1.82) is 0 Å². The molecule has 0 bridgehead atoms. The number of nitrogens with zero attached hydrogens (tertiary/aromatic N) is 2. The van der Waals surface area contributed by atoms with Crippen LogP contribution in [0.25, 0.3) is 0 Å². The summed E-state index contributed by atoms with van der Waals surface area (Å²) in [6.45, 7) is 10.2. The predicted octanol–water partition coefficient (Wildman–Crippen LogP) is 4.40. The second-order valence-corrected chi connectivity index (χ2v) is 6.07. The van der Waals surface area contributed by atoms with Gasteiger partial charge < -0.3 is 4.74 Å². The molecule has 0 aliphatic carbocycles. The summed E-state index contributed by atoms with van der Waals surface area (Å²) in [6.07, 6.45) is 1.78. The van der Waals surface area contributed by atoms with Crippen molar-refractivity contribution in [3.05, 3.63) is 52.0 Å². The van der Waals surface area contributed by atoms with Gasteiger partial charge >= 0.3 is 0 Å². The van der Waals surface area contributed by atoms with Crippen LogP contribution < -0.4 is 4.74 Å². The van der Waals surface area contributed by atoms with Gasteiger partial charge in [0.1, 0.15) is 5.75 Å². The van der Waals surface area contributed by atoms with E-state index in [0.717, 1.165) is 22.2 Å². The van der Waals surface area contributed by atoms with Gasteiger partial charge in [0.2, 0.25) is 0 Å². The summed E-state index contributed by atoms with van der Waals surface area (Å²) >= 11 is 11.3. The highest BCUT2D eigenvalue weighted by Gasteiger charge is 2.29. The van der Waals surface area contributed by atoms with Crippen molar-refractivity contribution < 1.29 is 4.74 Å². The number of benzene rings is 1. The smallest absolute Gasteiger partial charge is 0.195 e. The van der Waals surface area contributed by atoms with Crippen molar-refractivity contribution in [2.45, 2.75) is 32.9 Å². The molecule has 0 saturated heterocycles. The number of halogens is 1. The fourth-order valence-electron chi connectivity index (χ4n) is 2.10. The maximum atomic E-state index is 6.08. The summed E-state index contributed by atoms with van der Waals surface area (Å²) in [5.74, 6) is 1.46. The number of aromatic amines is 1. The monoisotopic (exact) mass is 323 g/mol. The van der Waals surface area contributed by atoms with Gasteiger partial charge in [0, 0.05) is 11.6 Å². The quantitative estimate of drug-likeness (QED) is 0.655. The van der Waals surface area contributed by atoms with Gasteiger partial charge in [-0.05, 0) is 56.8 Å². The SMILES string of the molecule is C=CCn1c(C(C)(C)Oc2ccc(Cl)c(C)c2)n[nH]c1=S. The minimum absolute atomic E-state index is 0.550. The maximum absolute atomic E-state index is 6.08. The summed E-state index contributed by atoms with van der Waals surface area (Å²) in [4.78, 5) is 0. The molecule has 1 aromatic carbocycles. The minimum atomic E-state index is -0.642. The third-order valence-corrected chi connectivity index (χ3v) is 3.85. The van der Waals surface area contributed by atoms with Crippen molar-refractivity contribution in [2.75, 3.05) is 0 Å². The summed E-state index contributed by atoms with van der Waals surface area (Å²) in [7, 11) is 0. The normalized spacial score (nSPS) is 11.4. The van der Waals surface area contributed by atoms with Crippen LogP contribution in [0.3, 0.4) is 0 Å². The molecule has 0 radical (unpaired) electrons. The zero-order valence-corrected chi connectivity index (χ0v) is 13.9. The van der Waals surface area contributed by atoms with E-state index in [-0.39, 0.29) is 0 Å². The van der Waals surface area contributed by atoms with Crippen LogP contribution in [0, 0.1) is 11.7 Å². The second-order valence-electron chi connectivity index (χ2n) is 5.28. The lowest BCUT2D eigenvalue weighted by Gasteiger charge is -2.26. The first-order valence-corrected chi connectivity index (χ1v) is 7.35. The van der Waals surface area contributed by atoms with E-state index in [4.69, 9.17) is 28.6 Å². The zero-order valence-electron chi connectivity index (χ0n) is 12.3. The molecule has 112 valence electrons. The average Bonchev–Trinajstić information content (AvgIpc) is 2.77. The van der Waals surface area contributed by atoms with Gasteiger partial charge in [-0.3, -0.25) is 9.67 Å². The number of ether oxygens (including phenoxy) is 1. The number of H-pyrrole nitrogens is 1. The Hall–Kier alpha value is -1.59. The lowest BCUT2D eigenvalue weighted by molar-refractivity contribution is 0.0941. The van der Waals surface area contributed by atoms with E-state index >= 15 is 0 Å². The van der Waals surface area contributed by atoms with Gasteiger partial charge in [0.15, 0.2) is 16.2 Å². The van der Waals surface area contributed by atoms with Crippen molar-refractivity contribution in [2.24, 2.45) is 0 Å². The first-order chi connectivity index (χ1) is 9.85. The van der Waals surface area contributed by atoms with E-state index in [2.05, 4.69) is 16.8 Å². The molecule has 2 rings (SSSR count). The van der Waals surface area contributed by atoms with Gasteiger partial charge in [0.25, 0.3) is 0 Å². The van der Waals surface area contributed by atoms with Crippen LogP contribution >= 0.6 is 23.8 Å². The Morgan fingerprint density at radius 2 is 2.24 bits per heavy atom. The molecule has 1 aromatic heterocycles. The fraction of sp³-hybridized carbons (Fsp3) is 0.333. The lowest BCUT2D eigenvalue weighted by atomic mass is 10.1. The van der Waals surface area contributed by atoms with Crippen molar-refractivity contribution in [1.82, 2.24) is 14.8 Å². The molecule has 0 fully saturated rings. The molecule has 0 atom stereocenters. The molecule has 1 heterocycles. The highest BCUT2D eigenvalue weighted by atomic mass is 35.5. The van der Waals surface area contributed by atoms with Gasteiger partial charge in [0.05, 0.1) is 0 Å². The summed E-state index contributed by atoms with van der Waals surface area (Å²) in [5, 5.41) is 7.81. The van der Waals surface area contributed by atoms with Gasteiger partial charge in [-0.2, -0.15) is 5.10 Å². The number of aromatic nitrogens is 3. The average molecular weight is 324 g/mol. The minimum Gasteiger partial charge on any atom is -0.480 e. The van der Waals surface area contributed by atoms with E-state index in [1.165, 1.54) is 0 Å². The summed E-state index contributed by atoms with van der Waals surface area (Å²) in [6, 6.07) is 5.57. The van der Waals surface area contributed by atoms with Crippen LogP contribution in [0.4, 0.5) is 0 Å². The Morgan fingerprint density at radius 3 is 2.86 bits per heavy atom. The van der Waals surface area contributed by atoms with Crippen molar-refractivity contribution >= 4 is 23.8 Å². The zero-order chi connectivity index (χ0) is 15.6. The molecule has 4 nitrogen and oxygen atoms in total. The van der Waals surface area contributed by atoms with E-state index in [1.54, 1.807) is 6.08 Å². The molecule has 0 spiro atoms. The number of hydrogen-bond donors (Lipinski definition) is 1. The van der Waals surface area contributed by atoms with Crippen LogP contribution in [0.2, 0.25) is 5.02 Å². The third kappa shape index (κ3) is 3.36. The number of rotatable bonds is 5. The second kappa shape index (κ2) is 6.03. The largest absolute Gasteiger partial charge is 0.480 e. The number of hydrogen-bond acceptors (Lipinski definition) is 3. The molecular formula is C15H18ClN3OS. The predicted molar refractivity (Wildman–Crippen MR) is 87.5 cm³/mol. The molecular weight excluding hydrogens is 306 g/mol. The number of aryl methyl sites for hydroxylation is 1. The van der Waals surface area contributed by atoms with Crippen LogP contribution in [0.1, 0.15) is 25.2 Å². The first-order valence-electron chi connectivity index (χ1n) is 6.57. The molecule has 6 heteroatoms. The molecule has 0 unspecified atom stereocenters. The Morgan fingerprint density at radius 1 is 1.52 bits per heavy atom. The van der Waals surface area contributed by atoms with E-state index < -0.39 is 5.60 Å². The number of nitrogens with one attached hydrogen (secondary N) is 1. The van der Waals surface area contributed by atoms with Crippen LogP contribution in [-0.4, -0.2) is 14.8 Å². The van der Waals surface area contributed by atoms with Gasteiger partial charge in [-0.1, -0.05) is 17.7 Å². The van der Waals surface area contributed by atoms with Gasteiger partial charge in [-0.15, -0.1) is 6.58 Å². The Bertz CT molecular complexity index is 718. The molecule has 0 aliphatic heterocycles. The van der Waals surface area contributed by atoms with Crippen molar-refractivity contribution in [3.63, 3.8) is 0 Å². The first kappa shape index (κ1) is 15.8. The van der Waals surface area contributed by atoms with E-state index in [0.29, 0.717) is 11.3 Å². The van der Waals surface area contributed by atoms with Crippen LogP contribution in [-0.2, 0) is 12.1 Å². The highest BCUT2D eigenvalue weighted by molar-refractivity contribution is 7.71. The lowest BCUT2D eigenvalue weighted by Crippen LogP contribution is -2.29. The molecule has 0 aliphatic rings. The topological polar surface area (TPSA) is 42.8 Å². The molecule has 2 aromatic rings. The van der Waals surface area contributed by atoms with E-state index in [9.17, 15) is 0 Å². The highest BCUT2D eigenvalue weighted by Crippen LogP contribution is 2.29. The van der Waals surface area contributed by atoms with Crippen LogP contribution in [0.5, 0.6) is 5.75 Å². The molecule has 1 N–H and O–H groups in total. The molecule has 21 heavy (non-hydrogen) atoms. The maximum Gasteiger partial charge on any atom is 0.195 e. The van der Waals surface area contributed by atoms with E-state index in [1.807, 2.05) is 43.5 Å². The molecule has 0 saturated carbocycles. The van der Waals surface area contributed by atoms with Crippen LogP contribution in [0.15, 0.2) is 30.9 Å². The fourth-order valence-corrected chi connectivity index (χ4v) is 2.42. The standard InChI is InChI=1S/C15H18ClN3OS/c1-5-8-19-13(17-18-14(19)21)15(3,4)20-11-6-7-12(16)10(2)9-11/h5-7,9H,1,8H2,2-4H3,(H,18,21). The molecule has 0 amide bonds. The Kier molecular flexibility index (Phi) is 4.54. The van der Waals surface area contributed by atoms with Gasteiger partial charge in [-0.25, -0.2) is 0 Å². The number of allylic oxidation sites excluding steroid dienone is 1. The Balaban J connectivity index is 2.35. The van der Waals surface area contributed by atoms with Crippen molar-refractivity contribution in [3.8, 4) is 5.75 Å².